The highest BCUT2D eigenvalue weighted by Crippen LogP contribution is 2.34. The second kappa shape index (κ2) is 6.76. The normalized spacial score (nSPS) is 25.1. The Morgan fingerprint density at radius 2 is 2.11 bits per heavy atom. The molecule has 1 aliphatic rings. The van der Waals surface area contributed by atoms with Gasteiger partial charge in [-0.25, -0.2) is 0 Å². The van der Waals surface area contributed by atoms with Crippen LogP contribution in [0.3, 0.4) is 0 Å². The summed E-state index contributed by atoms with van der Waals surface area (Å²) in [6.45, 7) is 4.27. The van der Waals surface area contributed by atoms with Crippen molar-refractivity contribution >= 4 is 15.9 Å². The fourth-order valence-corrected chi connectivity index (χ4v) is 3.29. The van der Waals surface area contributed by atoms with Crippen molar-refractivity contribution in [3.8, 4) is 5.75 Å². The van der Waals surface area contributed by atoms with E-state index >= 15 is 0 Å². The Labute approximate surface area is 124 Å². The highest BCUT2D eigenvalue weighted by Gasteiger charge is 2.26. The van der Waals surface area contributed by atoms with Crippen LogP contribution in [0.4, 0.5) is 0 Å². The van der Waals surface area contributed by atoms with Crippen LogP contribution in [0.5, 0.6) is 5.75 Å². The van der Waals surface area contributed by atoms with Crippen LogP contribution in [-0.4, -0.2) is 6.10 Å². The molecule has 19 heavy (non-hydrogen) atoms. The lowest BCUT2D eigenvalue weighted by Gasteiger charge is -2.32. The van der Waals surface area contributed by atoms with E-state index < -0.39 is 0 Å². The Morgan fingerprint density at radius 3 is 2.79 bits per heavy atom. The van der Waals surface area contributed by atoms with Crippen LogP contribution in [0.25, 0.3) is 0 Å². The van der Waals surface area contributed by atoms with E-state index in [1.807, 2.05) is 13.0 Å². The zero-order valence-electron chi connectivity index (χ0n) is 11.9. The minimum atomic E-state index is 0.00627. The van der Waals surface area contributed by atoms with Crippen LogP contribution < -0.4 is 10.5 Å². The average Bonchev–Trinajstić information content (AvgIpc) is 2.39. The van der Waals surface area contributed by atoms with Crippen LogP contribution >= 0.6 is 15.9 Å². The molecule has 1 aliphatic carbocycles. The molecule has 2 nitrogen and oxygen atoms in total. The summed E-state index contributed by atoms with van der Waals surface area (Å²) < 4.78 is 7.37. The Balaban J connectivity index is 2.19. The molecule has 3 heteroatoms. The molecule has 2 N–H and O–H groups in total. The van der Waals surface area contributed by atoms with Crippen molar-refractivity contribution < 1.29 is 4.74 Å². The van der Waals surface area contributed by atoms with Crippen LogP contribution in [-0.2, 0) is 0 Å². The third kappa shape index (κ3) is 3.73. The van der Waals surface area contributed by atoms with Crippen molar-refractivity contribution in [3.05, 3.63) is 28.2 Å². The molecule has 0 aliphatic heterocycles. The van der Waals surface area contributed by atoms with Crippen LogP contribution in [0.2, 0.25) is 0 Å². The van der Waals surface area contributed by atoms with E-state index in [-0.39, 0.29) is 6.04 Å². The molecule has 3 atom stereocenters. The number of nitrogens with two attached hydrogens (primary N) is 1. The van der Waals surface area contributed by atoms with Crippen molar-refractivity contribution in [2.45, 2.75) is 58.1 Å². The molecule has 0 bridgehead atoms. The molecule has 2 rings (SSSR count). The molecule has 1 aromatic rings. The monoisotopic (exact) mass is 325 g/mol. The van der Waals surface area contributed by atoms with Gasteiger partial charge in [-0.15, -0.1) is 0 Å². The first-order valence-electron chi connectivity index (χ1n) is 7.33. The third-order valence-corrected chi connectivity index (χ3v) is 4.60. The molecule has 1 fully saturated rings. The standard InChI is InChI=1S/C16H24BrNO/c1-3-12-6-4-5-7-15(12)19-16-10-13(17)8-9-14(16)11(2)18/h8-12,15H,3-7,18H2,1-2H3. The number of halogens is 1. The van der Waals surface area contributed by atoms with Crippen molar-refractivity contribution in [2.24, 2.45) is 11.7 Å². The fraction of sp³-hybridized carbons (Fsp3) is 0.625. The van der Waals surface area contributed by atoms with Gasteiger partial charge in [-0.3, -0.25) is 0 Å². The quantitative estimate of drug-likeness (QED) is 0.861. The van der Waals surface area contributed by atoms with Crippen LogP contribution in [0.1, 0.15) is 57.6 Å². The highest BCUT2D eigenvalue weighted by atomic mass is 79.9. The van der Waals surface area contributed by atoms with Gasteiger partial charge >= 0.3 is 0 Å². The van der Waals surface area contributed by atoms with Gasteiger partial charge in [0, 0.05) is 16.1 Å². The van der Waals surface area contributed by atoms with Gasteiger partial charge in [0.1, 0.15) is 11.9 Å². The average molecular weight is 326 g/mol. The summed E-state index contributed by atoms with van der Waals surface area (Å²) in [6, 6.07) is 6.16. The first-order valence-corrected chi connectivity index (χ1v) is 8.12. The summed E-state index contributed by atoms with van der Waals surface area (Å²) in [4.78, 5) is 0. The lowest BCUT2D eigenvalue weighted by Crippen LogP contribution is -2.30. The molecule has 0 spiro atoms. The summed E-state index contributed by atoms with van der Waals surface area (Å²) in [5.41, 5.74) is 7.14. The molecular weight excluding hydrogens is 302 g/mol. The van der Waals surface area contributed by atoms with Crippen LogP contribution in [0.15, 0.2) is 22.7 Å². The van der Waals surface area contributed by atoms with Gasteiger partial charge in [-0.2, -0.15) is 0 Å². The Morgan fingerprint density at radius 1 is 1.37 bits per heavy atom. The number of hydrogen-bond donors (Lipinski definition) is 1. The van der Waals surface area contributed by atoms with E-state index in [9.17, 15) is 0 Å². The number of benzene rings is 1. The minimum absolute atomic E-state index is 0.00627. The fourth-order valence-electron chi connectivity index (χ4n) is 2.95. The molecule has 1 saturated carbocycles. The topological polar surface area (TPSA) is 35.2 Å². The van der Waals surface area contributed by atoms with E-state index in [0.29, 0.717) is 12.0 Å². The van der Waals surface area contributed by atoms with E-state index in [1.165, 1.54) is 32.1 Å². The van der Waals surface area contributed by atoms with Gasteiger partial charge in [-0.05, 0) is 50.7 Å². The lowest BCUT2D eigenvalue weighted by molar-refractivity contribution is 0.0890. The SMILES string of the molecule is CCC1CCCCC1Oc1cc(Br)ccc1C(C)N. The Bertz CT molecular complexity index is 419. The predicted octanol–water partition coefficient (Wildman–Crippen LogP) is 4.82. The zero-order chi connectivity index (χ0) is 13.8. The van der Waals surface area contributed by atoms with Gasteiger partial charge in [0.2, 0.25) is 0 Å². The molecule has 0 radical (unpaired) electrons. The predicted molar refractivity (Wildman–Crippen MR) is 83.4 cm³/mol. The molecule has 0 amide bonds. The Kier molecular flexibility index (Phi) is 5.28. The first kappa shape index (κ1) is 14.9. The van der Waals surface area contributed by atoms with Gasteiger partial charge < -0.3 is 10.5 Å². The van der Waals surface area contributed by atoms with E-state index in [1.54, 1.807) is 0 Å². The van der Waals surface area contributed by atoms with Gasteiger partial charge in [0.05, 0.1) is 0 Å². The summed E-state index contributed by atoms with van der Waals surface area (Å²) in [6.07, 6.45) is 6.64. The highest BCUT2D eigenvalue weighted by molar-refractivity contribution is 9.10. The smallest absolute Gasteiger partial charge is 0.125 e. The summed E-state index contributed by atoms with van der Waals surface area (Å²) in [7, 11) is 0. The van der Waals surface area contributed by atoms with Crippen molar-refractivity contribution in [2.75, 3.05) is 0 Å². The van der Waals surface area contributed by atoms with Gasteiger partial charge in [0.15, 0.2) is 0 Å². The summed E-state index contributed by atoms with van der Waals surface area (Å²) in [5.74, 6) is 1.64. The van der Waals surface area contributed by atoms with Crippen molar-refractivity contribution in [1.82, 2.24) is 0 Å². The first-order chi connectivity index (χ1) is 9.11. The maximum Gasteiger partial charge on any atom is 0.125 e. The molecule has 0 aromatic heterocycles. The summed E-state index contributed by atoms with van der Waals surface area (Å²) >= 11 is 3.52. The second-order valence-corrected chi connectivity index (χ2v) is 6.50. The number of hydrogen-bond acceptors (Lipinski definition) is 2. The second-order valence-electron chi connectivity index (χ2n) is 5.58. The number of ether oxygens (including phenoxy) is 1. The van der Waals surface area contributed by atoms with Crippen LogP contribution in [0, 0.1) is 5.92 Å². The molecule has 1 aromatic carbocycles. The molecular formula is C16H24BrNO. The molecule has 3 unspecified atom stereocenters. The van der Waals surface area contributed by atoms with Crippen molar-refractivity contribution in [1.29, 1.82) is 0 Å². The molecule has 0 heterocycles. The van der Waals surface area contributed by atoms with Gasteiger partial charge in [0.25, 0.3) is 0 Å². The maximum absolute atomic E-state index is 6.32. The van der Waals surface area contributed by atoms with E-state index in [0.717, 1.165) is 15.8 Å². The molecule has 106 valence electrons. The minimum Gasteiger partial charge on any atom is -0.490 e. The van der Waals surface area contributed by atoms with Crippen molar-refractivity contribution in [3.63, 3.8) is 0 Å². The molecule has 0 saturated heterocycles. The third-order valence-electron chi connectivity index (χ3n) is 4.11. The largest absolute Gasteiger partial charge is 0.490 e. The zero-order valence-corrected chi connectivity index (χ0v) is 13.4. The van der Waals surface area contributed by atoms with E-state index in [2.05, 4.69) is 35.0 Å². The number of rotatable bonds is 4. The lowest BCUT2D eigenvalue weighted by atomic mass is 9.84. The summed E-state index contributed by atoms with van der Waals surface area (Å²) in [5, 5.41) is 0. The van der Waals surface area contributed by atoms with E-state index in [4.69, 9.17) is 10.5 Å². The Hall–Kier alpha value is -0.540. The maximum atomic E-state index is 6.32. The van der Waals surface area contributed by atoms with Gasteiger partial charge in [-0.1, -0.05) is 35.3 Å².